The van der Waals surface area contributed by atoms with Gasteiger partial charge in [0.15, 0.2) is 0 Å². The third-order valence-corrected chi connectivity index (χ3v) is 7.40. The molecule has 1 fully saturated rings. The zero-order chi connectivity index (χ0) is 21.4. The number of anilines is 1. The van der Waals surface area contributed by atoms with E-state index in [1.54, 1.807) is 49.9 Å². The standard InChI is InChI=1S/C20H27N3O5S/c1-13-12-23(10-9-16(13)22-29(26,27)20(2,3)4)19(25)21-15-6-7-17-14(11-15)5-8-18(24)28-17/h5-8,11,13,16,22H,9-10,12H2,1-4H3,(H,21,25). The lowest BCUT2D eigenvalue weighted by molar-refractivity contribution is 0.167. The lowest BCUT2D eigenvalue weighted by Gasteiger charge is -2.38. The predicted octanol–water partition coefficient (Wildman–Crippen LogP) is 2.75. The van der Waals surface area contributed by atoms with Gasteiger partial charge in [0.05, 0.1) is 4.75 Å². The highest BCUT2D eigenvalue weighted by molar-refractivity contribution is 7.90. The molecule has 3 rings (SSSR count). The number of fused-ring (bicyclic) bond motifs is 1. The third-order valence-electron chi connectivity index (χ3n) is 5.18. The summed E-state index contributed by atoms with van der Waals surface area (Å²) >= 11 is 0. The molecule has 158 valence electrons. The number of carbonyl (C=O) groups is 1. The molecule has 0 radical (unpaired) electrons. The van der Waals surface area contributed by atoms with Gasteiger partial charge in [-0.2, -0.15) is 0 Å². The number of sulfonamides is 1. The molecule has 1 aromatic carbocycles. The second-order valence-corrected chi connectivity index (χ2v) is 11.0. The Kier molecular flexibility index (Phi) is 5.73. The Morgan fingerprint density at radius 2 is 1.93 bits per heavy atom. The first kappa shape index (κ1) is 21.3. The number of likely N-dealkylation sites (tertiary alicyclic amines) is 1. The van der Waals surface area contributed by atoms with Gasteiger partial charge in [0.2, 0.25) is 10.0 Å². The van der Waals surface area contributed by atoms with Crippen LogP contribution in [0.5, 0.6) is 0 Å². The number of rotatable bonds is 3. The van der Waals surface area contributed by atoms with Crippen LogP contribution in [0.2, 0.25) is 0 Å². The Hall–Kier alpha value is -2.39. The number of amides is 2. The molecule has 2 aromatic rings. The van der Waals surface area contributed by atoms with Crippen LogP contribution < -0.4 is 15.7 Å². The molecule has 2 atom stereocenters. The number of benzene rings is 1. The van der Waals surface area contributed by atoms with Crippen molar-refractivity contribution in [3.8, 4) is 0 Å². The van der Waals surface area contributed by atoms with Crippen molar-refractivity contribution in [3.05, 3.63) is 40.8 Å². The van der Waals surface area contributed by atoms with Gasteiger partial charge in [-0.05, 0) is 57.4 Å². The van der Waals surface area contributed by atoms with Crippen molar-refractivity contribution < 1.29 is 17.6 Å². The summed E-state index contributed by atoms with van der Waals surface area (Å²) in [5.74, 6) is -0.0162. The molecule has 9 heteroatoms. The van der Waals surface area contributed by atoms with E-state index in [0.29, 0.717) is 36.2 Å². The van der Waals surface area contributed by atoms with Crippen molar-refractivity contribution in [1.29, 1.82) is 0 Å². The summed E-state index contributed by atoms with van der Waals surface area (Å²) in [6, 6.07) is 7.59. The minimum Gasteiger partial charge on any atom is -0.423 e. The Labute approximate surface area is 170 Å². The van der Waals surface area contributed by atoms with Crippen LogP contribution in [0.4, 0.5) is 10.5 Å². The molecule has 0 saturated carbocycles. The molecule has 1 aliphatic rings. The molecule has 0 spiro atoms. The van der Waals surface area contributed by atoms with E-state index in [-0.39, 0.29) is 18.0 Å². The Balaban J connectivity index is 1.63. The van der Waals surface area contributed by atoms with E-state index in [0.717, 1.165) is 0 Å². The summed E-state index contributed by atoms with van der Waals surface area (Å²) in [7, 11) is -3.44. The quantitative estimate of drug-likeness (QED) is 0.741. The van der Waals surface area contributed by atoms with Crippen molar-refractivity contribution in [2.24, 2.45) is 5.92 Å². The third kappa shape index (κ3) is 4.79. The first-order valence-electron chi connectivity index (χ1n) is 9.58. The molecule has 2 N–H and O–H groups in total. The smallest absolute Gasteiger partial charge is 0.336 e. The molecule has 1 aromatic heterocycles. The van der Waals surface area contributed by atoms with E-state index in [1.807, 2.05) is 6.92 Å². The molecule has 29 heavy (non-hydrogen) atoms. The lowest BCUT2D eigenvalue weighted by Crippen LogP contribution is -2.54. The number of hydrogen-bond donors (Lipinski definition) is 2. The second kappa shape index (κ2) is 7.79. The van der Waals surface area contributed by atoms with Crippen molar-refractivity contribution in [3.63, 3.8) is 0 Å². The van der Waals surface area contributed by atoms with Crippen LogP contribution in [-0.2, 0) is 10.0 Å². The minimum atomic E-state index is -3.44. The van der Waals surface area contributed by atoms with Gasteiger partial charge >= 0.3 is 11.7 Å². The second-order valence-electron chi connectivity index (χ2n) is 8.49. The van der Waals surface area contributed by atoms with E-state index in [4.69, 9.17) is 4.42 Å². The zero-order valence-electron chi connectivity index (χ0n) is 17.1. The zero-order valence-corrected chi connectivity index (χ0v) is 17.9. The molecule has 8 nitrogen and oxygen atoms in total. The first-order chi connectivity index (χ1) is 13.5. The van der Waals surface area contributed by atoms with Crippen LogP contribution in [-0.4, -0.2) is 43.2 Å². The van der Waals surface area contributed by atoms with Gasteiger partial charge in [-0.3, -0.25) is 0 Å². The summed E-state index contributed by atoms with van der Waals surface area (Å²) in [4.78, 5) is 25.6. The monoisotopic (exact) mass is 421 g/mol. The molecular weight excluding hydrogens is 394 g/mol. The summed E-state index contributed by atoms with van der Waals surface area (Å²) in [6.07, 6.45) is 0.548. The molecule has 1 aliphatic heterocycles. The molecule has 2 heterocycles. The average molecular weight is 422 g/mol. The SMILES string of the molecule is CC1CN(C(=O)Nc2ccc3oc(=O)ccc3c2)CCC1NS(=O)(=O)C(C)(C)C. The normalized spacial score (nSPS) is 20.6. The van der Waals surface area contributed by atoms with Crippen molar-refractivity contribution >= 4 is 32.7 Å². The topological polar surface area (TPSA) is 109 Å². The highest BCUT2D eigenvalue weighted by Crippen LogP contribution is 2.23. The van der Waals surface area contributed by atoms with Crippen LogP contribution in [0.25, 0.3) is 11.0 Å². The van der Waals surface area contributed by atoms with Crippen LogP contribution in [0.3, 0.4) is 0 Å². The largest absolute Gasteiger partial charge is 0.423 e. The maximum Gasteiger partial charge on any atom is 0.336 e. The number of nitrogens with zero attached hydrogens (tertiary/aromatic N) is 1. The van der Waals surface area contributed by atoms with E-state index < -0.39 is 20.4 Å². The van der Waals surface area contributed by atoms with Gasteiger partial charge in [0.25, 0.3) is 0 Å². The van der Waals surface area contributed by atoms with Crippen LogP contribution in [0, 0.1) is 5.92 Å². The lowest BCUT2D eigenvalue weighted by atomic mass is 9.95. The summed E-state index contributed by atoms with van der Waals surface area (Å²) < 4.78 is 31.8. The Morgan fingerprint density at radius 3 is 2.59 bits per heavy atom. The van der Waals surface area contributed by atoms with Crippen molar-refractivity contribution in [1.82, 2.24) is 9.62 Å². The fourth-order valence-electron chi connectivity index (χ4n) is 3.23. The van der Waals surface area contributed by atoms with E-state index in [9.17, 15) is 18.0 Å². The Bertz CT molecular complexity index is 1070. The van der Waals surface area contributed by atoms with E-state index >= 15 is 0 Å². The van der Waals surface area contributed by atoms with Gasteiger partial charge in [0.1, 0.15) is 5.58 Å². The highest BCUT2D eigenvalue weighted by atomic mass is 32.2. The highest BCUT2D eigenvalue weighted by Gasteiger charge is 2.36. The van der Waals surface area contributed by atoms with Gasteiger partial charge in [0, 0.05) is 36.3 Å². The van der Waals surface area contributed by atoms with Crippen molar-refractivity contribution in [2.45, 2.75) is 44.9 Å². The van der Waals surface area contributed by atoms with Crippen molar-refractivity contribution in [2.75, 3.05) is 18.4 Å². The fraction of sp³-hybridized carbons (Fsp3) is 0.500. The van der Waals surface area contributed by atoms with E-state index in [2.05, 4.69) is 10.0 Å². The maximum atomic E-state index is 12.7. The van der Waals surface area contributed by atoms with Crippen LogP contribution >= 0.6 is 0 Å². The number of urea groups is 1. The molecular formula is C20H27N3O5S. The molecule has 2 unspecified atom stereocenters. The van der Waals surface area contributed by atoms with Gasteiger partial charge in [-0.25, -0.2) is 22.7 Å². The number of hydrogen-bond acceptors (Lipinski definition) is 5. The molecule has 2 amide bonds. The summed E-state index contributed by atoms with van der Waals surface area (Å²) in [5, 5.41) is 3.57. The fourth-order valence-corrected chi connectivity index (χ4v) is 4.34. The maximum absolute atomic E-state index is 12.7. The summed E-state index contributed by atoms with van der Waals surface area (Å²) in [6.45, 7) is 7.83. The van der Waals surface area contributed by atoms with Gasteiger partial charge in [-0.15, -0.1) is 0 Å². The minimum absolute atomic E-state index is 0.0162. The van der Waals surface area contributed by atoms with Gasteiger partial charge in [-0.1, -0.05) is 6.92 Å². The molecule has 0 bridgehead atoms. The Morgan fingerprint density at radius 1 is 1.21 bits per heavy atom. The van der Waals surface area contributed by atoms with Crippen LogP contribution in [0.1, 0.15) is 34.1 Å². The average Bonchev–Trinajstić information content (AvgIpc) is 2.62. The number of piperidine rings is 1. The predicted molar refractivity (Wildman–Crippen MR) is 112 cm³/mol. The number of carbonyl (C=O) groups excluding carboxylic acids is 1. The molecule has 1 saturated heterocycles. The van der Waals surface area contributed by atoms with Crippen LogP contribution in [0.15, 0.2) is 39.5 Å². The number of nitrogens with one attached hydrogen (secondary N) is 2. The van der Waals surface area contributed by atoms with Gasteiger partial charge < -0.3 is 14.6 Å². The molecule has 0 aliphatic carbocycles. The summed E-state index contributed by atoms with van der Waals surface area (Å²) in [5.41, 5.74) is 0.629. The first-order valence-corrected chi connectivity index (χ1v) is 11.1. The van der Waals surface area contributed by atoms with E-state index in [1.165, 1.54) is 6.07 Å².